The summed E-state index contributed by atoms with van der Waals surface area (Å²) < 4.78 is 1.55. The van der Waals surface area contributed by atoms with Crippen LogP contribution in [0, 0.1) is 0 Å². The van der Waals surface area contributed by atoms with Crippen LogP contribution in [0.1, 0.15) is 12.8 Å². The van der Waals surface area contributed by atoms with Gasteiger partial charge in [0.2, 0.25) is 11.8 Å². The lowest BCUT2D eigenvalue weighted by Crippen LogP contribution is -2.39. The quantitative estimate of drug-likeness (QED) is 0.293. The van der Waals surface area contributed by atoms with Gasteiger partial charge in [-0.15, -0.1) is 29.3 Å². The van der Waals surface area contributed by atoms with Crippen LogP contribution in [-0.2, 0) is 16.1 Å². The summed E-state index contributed by atoms with van der Waals surface area (Å²) in [5, 5.41) is 7.88. The number of thiophene rings is 2. The molecule has 10 heteroatoms. The molecule has 0 aromatic carbocycles. The summed E-state index contributed by atoms with van der Waals surface area (Å²) in [4.78, 5) is 45.5. The molecule has 3 aromatic rings. The molecule has 0 atom stereocenters. The average Bonchev–Trinajstić information content (AvgIpc) is 3.22. The highest BCUT2D eigenvalue weighted by Gasteiger charge is 2.24. The fourth-order valence-corrected chi connectivity index (χ4v) is 5.81. The first kappa shape index (κ1) is 21.8. The third-order valence-corrected chi connectivity index (χ3v) is 7.57. The molecule has 0 bridgehead atoms. The highest BCUT2D eigenvalue weighted by Crippen LogP contribution is 2.34. The number of rotatable bonds is 9. The van der Waals surface area contributed by atoms with Crippen LogP contribution >= 0.6 is 34.4 Å². The molecule has 162 valence electrons. The van der Waals surface area contributed by atoms with Crippen molar-refractivity contribution in [3.8, 4) is 10.4 Å². The normalized spacial score (nSPS) is 13.3. The first-order valence-corrected chi connectivity index (χ1v) is 12.6. The Morgan fingerprint density at radius 2 is 2.23 bits per heavy atom. The van der Waals surface area contributed by atoms with Gasteiger partial charge in [-0.3, -0.25) is 19.0 Å². The van der Waals surface area contributed by atoms with E-state index in [9.17, 15) is 14.4 Å². The standard InChI is InChI=1S/C21H22N4O3S3/c1-3-8-25-20(28)18-14(15-5-4-9-29-15)11-30-19(18)23-21(25)31-12-17(27)24(2)10-16(26)22-13-6-7-13/h3-5,9,11,13H,1,6-8,10,12H2,2H3,(H,22,26). The summed E-state index contributed by atoms with van der Waals surface area (Å²) in [7, 11) is 1.61. The number of hydrogen-bond acceptors (Lipinski definition) is 7. The van der Waals surface area contributed by atoms with Crippen molar-refractivity contribution in [2.45, 2.75) is 30.6 Å². The summed E-state index contributed by atoms with van der Waals surface area (Å²) >= 11 is 4.21. The van der Waals surface area contributed by atoms with Crippen LogP contribution in [0.3, 0.4) is 0 Å². The Morgan fingerprint density at radius 1 is 1.42 bits per heavy atom. The maximum absolute atomic E-state index is 13.3. The Bertz CT molecular complexity index is 1180. The molecule has 1 fully saturated rings. The Kier molecular flexibility index (Phi) is 6.59. The molecule has 1 aliphatic carbocycles. The smallest absolute Gasteiger partial charge is 0.263 e. The number of carbonyl (C=O) groups is 2. The van der Waals surface area contributed by atoms with Crippen LogP contribution in [0.25, 0.3) is 20.7 Å². The van der Waals surface area contributed by atoms with Crippen molar-refractivity contribution in [1.82, 2.24) is 19.8 Å². The minimum Gasteiger partial charge on any atom is -0.352 e. The third kappa shape index (κ3) is 4.91. The molecule has 3 aromatic heterocycles. The van der Waals surface area contributed by atoms with E-state index in [2.05, 4.69) is 16.9 Å². The first-order valence-electron chi connectivity index (χ1n) is 9.81. The molecule has 0 unspecified atom stereocenters. The average molecular weight is 475 g/mol. The van der Waals surface area contributed by atoms with Gasteiger partial charge in [-0.25, -0.2) is 4.98 Å². The Hall–Kier alpha value is -2.43. The van der Waals surface area contributed by atoms with Gasteiger partial charge in [0.25, 0.3) is 5.56 Å². The van der Waals surface area contributed by atoms with Crippen molar-refractivity contribution in [2.24, 2.45) is 0 Å². The van der Waals surface area contributed by atoms with Crippen molar-refractivity contribution < 1.29 is 9.59 Å². The van der Waals surface area contributed by atoms with Gasteiger partial charge in [0.1, 0.15) is 4.83 Å². The molecule has 1 saturated carbocycles. The predicted molar refractivity (Wildman–Crippen MR) is 127 cm³/mol. The van der Waals surface area contributed by atoms with E-state index >= 15 is 0 Å². The molecule has 0 radical (unpaired) electrons. The molecule has 0 spiro atoms. The molecular weight excluding hydrogens is 452 g/mol. The lowest BCUT2D eigenvalue weighted by atomic mass is 10.2. The highest BCUT2D eigenvalue weighted by molar-refractivity contribution is 7.99. The van der Waals surface area contributed by atoms with Crippen LogP contribution < -0.4 is 10.9 Å². The fraction of sp³-hybridized carbons (Fsp3) is 0.333. The number of nitrogens with one attached hydrogen (secondary N) is 1. The van der Waals surface area contributed by atoms with E-state index < -0.39 is 0 Å². The predicted octanol–water partition coefficient (Wildman–Crippen LogP) is 3.20. The van der Waals surface area contributed by atoms with Crippen molar-refractivity contribution in [3.05, 3.63) is 45.9 Å². The van der Waals surface area contributed by atoms with Gasteiger partial charge in [0.05, 0.1) is 17.7 Å². The van der Waals surface area contributed by atoms with Crippen molar-refractivity contribution in [3.63, 3.8) is 0 Å². The molecular formula is C21H22N4O3S3. The number of nitrogens with zero attached hydrogens (tertiary/aromatic N) is 3. The number of likely N-dealkylation sites (N-methyl/N-ethyl adjacent to an activating group) is 1. The monoisotopic (exact) mass is 474 g/mol. The van der Waals surface area contributed by atoms with Gasteiger partial charge in [-0.1, -0.05) is 23.9 Å². The van der Waals surface area contributed by atoms with E-state index in [1.54, 1.807) is 29.0 Å². The van der Waals surface area contributed by atoms with E-state index in [-0.39, 0.29) is 35.7 Å². The van der Waals surface area contributed by atoms with Gasteiger partial charge in [0.15, 0.2) is 5.16 Å². The van der Waals surface area contributed by atoms with E-state index in [0.717, 1.165) is 23.3 Å². The molecule has 4 rings (SSSR count). The molecule has 3 heterocycles. The molecule has 0 aliphatic heterocycles. The number of carbonyl (C=O) groups excluding carboxylic acids is 2. The zero-order valence-corrected chi connectivity index (χ0v) is 19.4. The molecule has 7 nitrogen and oxygen atoms in total. The van der Waals surface area contributed by atoms with Gasteiger partial charge in [0, 0.05) is 35.5 Å². The van der Waals surface area contributed by atoms with Gasteiger partial charge >= 0.3 is 0 Å². The van der Waals surface area contributed by atoms with Crippen molar-refractivity contribution >= 4 is 56.5 Å². The number of hydrogen-bond donors (Lipinski definition) is 1. The molecule has 31 heavy (non-hydrogen) atoms. The molecule has 1 N–H and O–H groups in total. The van der Waals surface area contributed by atoms with Crippen LogP contribution in [0.2, 0.25) is 0 Å². The van der Waals surface area contributed by atoms with Gasteiger partial charge in [-0.05, 0) is 24.3 Å². The SMILES string of the molecule is C=CCn1c(SCC(=O)N(C)CC(=O)NC2CC2)nc2scc(-c3cccs3)c2c1=O. The highest BCUT2D eigenvalue weighted by atomic mass is 32.2. The summed E-state index contributed by atoms with van der Waals surface area (Å²) in [5.41, 5.74) is 0.751. The minimum absolute atomic E-state index is 0.0247. The van der Waals surface area contributed by atoms with Crippen LogP contribution in [0.5, 0.6) is 0 Å². The zero-order valence-electron chi connectivity index (χ0n) is 17.0. The van der Waals surface area contributed by atoms with Crippen molar-refractivity contribution in [2.75, 3.05) is 19.3 Å². The van der Waals surface area contributed by atoms with Crippen molar-refractivity contribution in [1.29, 1.82) is 0 Å². The number of allylic oxidation sites excluding steroid dienone is 1. The van der Waals surface area contributed by atoms with E-state index in [1.165, 1.54) is 28.0 Å². The van der Waals surface area contributed by atoms with E-state index in [4.69, 9.17) is 0 Å². The number of aromatic nitrogens is 2. The fourth-order valence-electron chi connectivity index (χ4n) is 3.06. The summed E-state index contributed by atoms with van der Waals surface area (Å²) in [6, 6.07) is 4.20. The minimum atomic E-state index is -0.194. The van der Waals surface area contributed by atoms with Crippen LogP contribution in [-0.4, -0.2) is 51.7 Å². The Balaban J connectivity index is 1.53. The van der Waals surface area contributed by atoms with Crippen LogP contribution in [0.15, 0.2) is 45.5 Å². The molecule has 0 saturated heterocycles. The molecule has 1 aliphatic rings. The second-order valence-corrected chi connectivity index (χ2v) is 10.0. The number of amides is 2. The lowest BCUT2D eigenvalue weighted by Gasteiger charge is -2.17. The Labute approximate surface area is 191 Å². The molecule has 2 amide bonds. The summed E-state index contributed by atoms with van der Waals surface area (Å²) in [5.74, 6) is -0.252. The summed E-state index contributed by atoms with van der Waals surface area (Å²) in [6.45, 7) is 4.08. The topological polar surface area (TPSA) is 84.3 Å². The number of thioether (sulfide) groups is 1. The van der Waals surface area contributed by atoms with Gasteiger partial charge < -0.3 is 10.2 Å². The Morgan fingerprint density at radius 3 is 2.90 bits per heavy atom. The van der Waals surface area contributed by atoms with E-state index in [1.807, 2.05) is 22.9 Å². The lowest BCUT2D eigenvalue weighted by molar-refractivity contribution is -0.132. The van der Waals surface area contributed by atoms with Gasteiger partial charge in [-0.2, -0.15) is 0 Å². The summed E-state index contributed by atoms with van der Waals surface area (Å²) in [6.07, 6.45) is 3.66. The first-order chi connectivity index (χ1) is 15.0. The maximum atomic E-state index is 13.3. The third-order valence-electron chi connectivity index (χ3n) is 4.83. The maximum Gasteiger partial charge on any atom is 0.263 e. The van der Waals surface area contributed by atoms with E-state index in [0.29, 0.717) is 21.9 Å². The zero-order chi connectivity index (χ0) is 22.0. The van der Waals surface area contributed by atoms with Crippen LogP contribution in [0.4, 0.5) is 0 Å². The second-order valence-electron chi connectivity index (χ2n) is 7.29. The largest absolute Gasteiger partial charge is 0.352 e. The second kappa shape index (κ2) is 9.37. The number of fused-ring (bicyclic) bond motifs is 1.